The molecule has 4 aliphatic rings. The Bertz CT molecular complexity index is 1030. The highest BCUT2D eigenvalue weighted by Crippen LogP contribution is 2.55. The third-order valence-corrected chi connectivity index (χ3v) is 7.86. The van der Waals surface area contributed by atoms with E-state index in [0.717, 1.165) is 55.7 Å². The molecule has 0 radical (unpaired) electrons. The van der Waals surface area contributed by atoms with E-state index in [1.165, 1.54) is 6.42 Å². The summed E-state index contributed by atoms with van der Waals surface area (Å²) < 4.78 is 92.5. The van der Waals surface area contributed by atoms with Gasteiger partial charge in [-0.1, -0.05) is 13.8 Å². The summed E-state index contributed by atoms with van der Waals surface area (Å²) in [6, 6.07) is 2.99. The Morgan fingerprint density at radius 1 is 1.06 bits per heavy atom. The molecule has 1 atom stereocenters. The summed E-state index contributed by atoms with van der Waals surface area (Å²) in [5, 5.41) is 0. The van der Waals surface area contributed by atoms with Crippen LogP contribution in [0, 0.1) is 29.6 Å². The summed E-state index contributed by atoms with van der Waals surface area (Å²) in [5.41, 5.74) is -0.194. The molecular formula is C24H30F3O8S-. The van der Waals surface area contributed by atoms with Crippen molar-refractivity contribution >= 4 is 16.1 Å². The molecule has 1 unspecified atom stereocenters. The first-order valence-electron chi connectivity index (χ1n) is 12.1. The van der Waals surface area contributed by atoms with Crippen LogP contribution in [0.3, 0.4) is 0 Å². The van der Waals surface area contributed by atoms with Crippen molar-refractivity contribution in [1.82, 2.24) is 0 Å². The minimum Gasteiger partial charge on any atom is -0.748 e. The van der Waals surface area contributed by atoms with Crippen molar-refractivity contribution in [3.63, 3.8) is 0 Å². The van der Waals surface area contributed by atoms with Crippen LogP contribution in [0.5, 0.6) is 11.5 Å². The highest BCUT2D eigenvalue weighted by Gasteiger charge is 2.49. The molecule has 36 heavy (non-hydrogen) atoms. The Labute approximate surface area is 208 Å². The molecule has 0 amide bonds. The van der Waals surface area contributed by atoms with Crippen LogP contribution in [0.1, 0.15) is 56.3 Å². The summed E-state index contributed by atoms with van der Waals surface area (Å²) in [6.45, 7) is 2.96. The van der Waals surface area contributed by atoms with Gasteiger partial charge in [-0.3, -0.25) is 0 Å². The molecule has 4 aliphatic carbocycles. The van der Waals surface area contributed by atoms with Gasteiger partial charge in [0.2, 0.25) is 6.29 Å². The predicted molar refractivity (Wildman–Crippen MR) is 119 cm³/mol. The zero-order valence-electron chi connectivity index (χ0n) is 20.0. The van der Waals surface area contributed by atoms with Gasteiger partial charge >= 0.3 is 12.3 Å². The quantitative estimate of drug-likeness (QED) is 0.245. The molecule has 8 nitrogen and oxygen atoms in total. The molecule has 0 spiro atoms. The summed E-state index contributed by atoms with van der Waals surface area (Å²) in [7, 11) is -4.60. The molecule has 1 aromatic carbocycles. The van der Waals surface area contributed by atoms with Gasteiger partial charge in [0.25, 0.3) is 0 Å². The number of carbonyl (C=O) groups excluding carboxylic acids is 1. The van der Waals surface area contributed by atoms with E-state index in [1.807, 2.05) is 13.8 Å². The maximum atomic E-state index is 13.0. The van der Waals surface area contributed by atoms with Crippen molar-refractivity contribution < 1.29 is 49.9 Å². The Kier molecular flexibility index (Phi) is 7.78. The fourth-order valence-corrected chi connectivity index (χ4v) is 6.24. The van der Waals surface area contributed by atoms with E-state index in [1.54, 1.807) is 0 Å². The second-order valence-corrected chi connectivity index (χ2v) is 11.9. The minimum absolute atomic E-state index is 0.0422. The summed E-state index contributed by atoms with van der Waals surface area (Å²) in [4.78, 5) is 12.3. The lowest BCUT2D eigenvalue weighted by molar-refractivity contribution is -0.276. The molecule has 0 heterocycles. The zero-order chi connectivity index (χ0) is 26.3. The highest BCUT2D eigenvalue weighted by molar-refractivity contribution is 7.85. The van der Waals surface area contributed by atoms with Gasteiger partial charge in [0.15, 0.2) is 11.5 Å². The van der Waals surface area contributed by atoms with Crippen LogP contribution >= 0.6 is 0 Å². The molecule has 5 rings (SSSR count). The topological polar surface area (TPSA) is 111 Å². The SMILES string of the molecule is CC(C)C(Oc1cc(C(=O)OCCS(=O)(=O)[O-])ccc1OC(F)(F)F)OC1C2CC3CC(C2)CC1C3. The second-order valence-electron chi connectivity index (χ2n) is 10.4. The predicted octanol–water partition coefficient (Wildman–Crippen LogP) is 4.49. The lowest BCUT2D eigenvalue weighted by atomic mass is 9.55. The largest absolute Gasteiger partial charge is 0.748 e. The number of esters is 1. The van der Waals surface area contributed by atoms with E-state index in [2.05, 4.69) is 4.74 Å². The van der Waals surface area contributed by atoms with Crippen molar-refractivity contribution in [2.45, 2.75) is 64.7 Å². The van der Waals surface area contributed by atoms with E-state index in [9.17, 15) is 30.9 Å². The monoisotopic (exact) mass is 535 g/mol. The van der Waals surface area contributed by atoms with Gasteiger partial charge in [0.05, 0.1) is 27.5 Å². The van der Waals surface area contributed by atoms with Crippen molar-refractivity contribution in [1.29, 1.82) is 0 Å². The lowest BCUT2D eigenvalue weighted by Gasteiger charge is -2.54. The van der Waals surface area contributed by atoms with E-state index in [0.29, 0.717) is 11.8 Å². The molecule has 4 bridgehead atoms. The van der Waals surface area contributed by atoms with E-state index >= 15 is 0 Å². The van der Waals surface area contributed by atoms with Crippen LogP contribution in [0.4, 0.5) is 13.2 Å². The van der Waals surface area contributed by atoms with Gasteiger partial charge in [0.1, 0.15) is 6.61 Å². The zero-order valence-corrected chi connectivity index (χ0v) is 20.8. The van der Waals surface area contributed by atoms with Gasteiger partial charge in [-0.2, -0.15) is 0 Å². The average Bonchev–Trinajstić information content (AvgIpc) is 2.73. The van der Waals surface area contributed by atoms with Crippen molar-refractivity contribution in [2.75, 3.05) is 12.4 Å². The number of halogens is 3. The first-order valence-corrected chi connectivity index (χ1v) is 13.7. The maximum absolute atomic E-state index is 13.0. The third-order valence-electron chi connectivity index (χ3n) is 7.19. The number of carbonyl (C=O) groups is 1. The van der Waals surface area contributed by atoms with Crippen LogP contribution in [0.25, 0.3) is 0 Å². The highest BCUT2D eigenvalue weighted by atomic mass is 32.2. The number of ether oxygens (including phenoxy) is 4. The van der Waals surface area contributed by atoms with Crippen LogP contribution in [0.15, 0.2) is 18.2 Å². The lowest BCUT2D eigenvalue weighted by Crippen LogP contribution is -2.51. The Balaban J connectivity index is 1.52. The van der Waals surface area contributed by atoms with Crippen molar-refractivity contribution in [3.8, 4) is 11.5 Å². The summed E-state index contributed by atoms with van der Waals surface area (Å²) in [5.74, 6) is -0.948. The van der Waals surface area contributed by atoms with E-state index in [4.69, 9.17) is 14.2 Å². The molecule has 202 valence electrons. The van der Waals surface area contributed by atoms with Gasteiger partial charge < -0.3 is 23.5 Å². The van der Waals surface area contributed by atoms with Crippen LogP contribution in [0.2, 0.25) is 0 Å². The van der Waals surface area contributed by atoms with Crippen LogP contribution < -0.4 is 9.47 Å². The summed E-state index contributed by atoms with van der Waals surface area (Å²) in [6.07, 6.45) is -0.309. The Hall–Kier alpha value is -2.05. The van der Waals surface area contributed by atoms with Gasteiger partial charge in [-0.05, 0) is 74.0 Å². The third kappa shape index (κ3) is 6.83. The smallest absolute Gasteiger partial charge is 0.573 e. The minimum atomic E-state index is -5.00. The second kappa shape index (κ2) is 10.4. The van der Waals surface area contributed by atoms with Gasteiger partial charge in [-0.15, -0.1) is 13.2 Å². The number of rotatable bonds is 10. The maximum Gasteiger partial charge on any atom is 0.573 e. The normalized spacial score (nSPS) is 28.2. The number of hydrogen-bond acceptors (Lipinski definition) is 8. The summed E-state index contributed by atoms with van der Waals surface area (Å²) >= 11 is 0. The van der Waals surface area contributed by atoms with Gasteiger partial charge in [0, 0.05) is 5.92 Å². The first-order chi connectivity index (χ1) is 16.8. The molecule has 4 fully saturated rings. The molecule has 12 heteroatoms. The van der Waals surface area contributed by atoms with E-state index < -0.39 is 46.8 Å². The number of benzene rings is 1. The molecular weight excluding hydrogens is 505 g/mol. The molecule has 0 saturated heterocycles. The van der Waals surface area contributed by atoms with Crippen molar-refractivity contribution in [2.24, 2.45) is 29.6 Å². The molecule has 1 aromatic rings. The van der Waals surface area contributed by atoms with Gasteiger partial charge in [-0.25, -0.2) is 13.2 Å². The fourth-order valence-electron chi connectivity index (χ4n) is 5.95. The Morgan fingerprint density at radius 2 is 1.67 bits per heavy atom. The molecule has 4 saturated carbocycles. The van der Waals surface area contributed by atoms with Crippen molar-refractivity contribution in [3.05, 3.63) is 23.8 Å². The fraction of sp³-hybridized carbons (Fsp3) is 0.708. The standard InChI is InChI=1S/C24H31F3O8S/c1-13(2)23(34-21-17-8-14-7-15(10-17)11-18(21)9-14)33-20-12-16(3-4-19(20)35-24(25,26)27)22(28)32-5-6-36(29,30)31/h3-4,12-15,17-18,21,23H,5-11H2,1-2H3,(H,29,30,31)/p-1. The number of hydrogen-bond donors (Lipinski definition) is 0. The molecule has 0 aromatic heterocycles. The number of alkyl halides is 3. The van der Waals surface area contributed by atoms with Crippen LogP contribution in [-0.2, 0) is 19.6 Å². The van der Waals surface area contributed by atoms with Crippen LogP contribution in [-0.4, -0.2) is 50.1 Å². The molecule has 0 N–H and O–H groups in total. The average molecular weight is 536 g/mol. The van der Waals surface area contributed by atoms with E-state index in [-0.39, 0.29) is 23.3 Å². The first kappa shape index (κ1) is 27.0. The Morgan fingerprint density at radius 3 is 2.19 bits per heavy atom. The molecule has 0 aliphatic heterocycles.